The van der Waals surface area contributed by atoms with Crippen molar-refractivity contribution in [1.29, 1.82) is 0 Å². The van der Waals surface area contributed by atoms with E-state index in [9.17, 15) is 0 Å². The molecule has 2 nitrogen and oxygen atoms in total. The third kappa shape index (κ3) is 2.87. The summed E-state index contributed by atoms with van der Waals surface area (Å²) in [6, 6.07) is 8.54. The molecule has 18 heavy (non-hydrogen) atoms. The Balaban J connectivity index is 1.85. The molecule has 1 saturated carbocycles. The topological polar surface area (TPSA) is 21.3 Å². The molecule has 0 heterocycles. The van der Waals surface area contributed by atoms with Gasteiger partial charge in [0.05, 0.1) is 6.10 Å². The van der Waals surface area contributed by atoms with E-state index < -0.39 is 0 Å². The maximum absolute atomic E-state index is 5.98. The van der Waals surface area contributed by atoms with Gasteiger partial charge in [0.2, 0.25) is 0 Å². The fourth-order valence-electron chi connectivity index (χ4n) is 2.60. The monoisotopic (exact) mass is 267 g/mol. The maximum Gasteiger partial charge on any atom is 0.0655 e. The van der Waals surface area contributed by atoms with Gasteiger partial charge in [0.25, 0.3) is 0 Å². The summed E-state index contributed by atoms with van der Waals surface area (Å²) in [6.07, 6.45) is 1.49. The number of ether oxygens (including phenoxy) is 1. The minimum absolute atomic E-state index is 0.217. The lowest BCUT2D eigenvalue weighted by atomic mass is 9.64. The Morgan fingerprint density at radius 3 is 2.83 bits per heavy atom. The van der Waals surface area contributed by atoms with E-state index in [-0.39, 0.29) is 5.41 Å². The molecule has 0 aliphatic heterocycles. The van der Waals surface area contributed by atoms with Crippen molar-refractivity contribution in [3.8, 4) is 0 Å². The molecule has 0 saturated heterocycles. The van der Waals surface area contributed by atoms with Gasteiger partial charge in [-0.1, -0.05) is 37.6 Å². The maximum atomic E-state index is 5.98. The lowest BCUT2D eigenvalue weighted by molar-refractivity contribution is -0.114. The third-order valence-corrected chi connectivity index (χ3v) is 4.22. The Hall–Kier alpha value is -0.570. The van der Waals surface area contributed by atoms with E-state index in [1.54, 1.807) is 0 Å². The van der Waals surface area contributed by atoms with Gasteiger partial charge in [-0.3, -0.25) is 0 Å². The smallest absolute Gasteiger partial charge is 0.0655 e. The van der Waals surface area contributed by atoms with E-state index in [0.717, 1.165) is 24.6 Å². The Labute approximate surface area is 115 Å². The van der Waals surface area contributed by atoms with E-state index in [4.69, 9.17) is 16.3 Å². The molecular formula is C15H22ClNO. The Morgan fingerprint density at radius 1 is 1.44 bits per heavy atom. The van der Waals surface area contributed by atoms with Crippen LogP contribution in [0.2, 0.25) is 5.02 Å². The number of nitrogens with one attached hydrogen (secondary N) is 1. The van der Waals surface area contributed by atoms with E-state index in [2.05, 4.69) is 32.2 Å². The van der Waals surface area contributed by atoms with E-state index in [0.29, 0.717) is 12.1 Å². The number of hydrogen-bond acceptors (Lipinski definition) is 2. The molecular weight excluding hydrogens is 246 g/mol. The number of rotatable bonds is 5. The van der Waals surface area contributed by atoms with Crippen LogP contribution in [0.4, 0.5) is 0 Å². The first-order chi connectivity index (χ1) is 8.54. The molecule has 100 valence electrons. The highest BCUT2D eigenvalue weighted by atomic mass is 35.5. The van der Waals surface area contributed by atoms with Crippen LogP contribution in [-0.2, 0) is 11.3 Å². The molecule has 3 heteroatoms. The fourth-order valence-corrected chi connectivity index (χ4v) is 2.82. The van der Waals surface area contributed by atoms with Crippen molar-refractivity contribution < 1.29 is 4.74 Å². The van der Waals surface area contributed by atoms with Gasteiger partial charge in [-0.15, -0.1) is 0 Å². The summed E-state index contributed by atoms with van der Waals surface area (Å²) >= 11 is 5.98. The molecule has 2 unspecified atom stereocenters. The highest BCUT2D eigenvalue weighted by Crippen LogP contribution is 2.42. The lowest BCUT2D eigenvalue weighted by Gasteiger charge is -2.52. The van der Waals surface area contributed by atoms with Crippen molar-refractivity contribution in [2.45, 2.75) is 45.9 Å². The molecule has 1 aliphatic carbocycles. The average Bonchev–Trinajstić information content (AvgIpc) is 2.33. The first kappa shape index (κ1) is 13.9. The second kappa shape index (κ2) is 5.60. The quantitative estimate of drug-likeness (QED) is 0.880. The summed E-state index contributed by atoms with van der Waals surface area (Å²) in [4.78, 5) is 0. The van der Waals surface area contributed by atoms with Crippen molar-refractivity contribution in [2.75, 3.05) is 6.61 Å². The van der Waals surface area contributed by atoms with Gasteiger partial charge in [-0.2, -0.15) is 0 Å². The Morgan fingerprint density at radius 2 is 2.22 bits per heavy atom. The van der Waals surface area contributed by atoms with Gasteiger partial charge < -0.3 is 10.1 Å². The minimum Gasteiger partial charge on any atom is -0.378 e. The predicted molar refractivity (Wildman–Crippen MR) is 75.9 cm³/mol. The molecule has 1 fully saturated rings. The van der Waals surface area contributed by atoms with Crippen molar-refractivity contribution in [1.82, 2.24) is 5.32 Å². The standard InChI is InChI=1S/C15H22ClNO/c1-4-18-14-9-13(15(14,2)3)17-10-11-6-5-7-12(16)8-11/h5-8,13-14,17H,4,9-10H2,1-3H3. The molecule has 2 rings (SSSR count). The van der Waals surface area contributed by atoms with Gasteiger partial charge in [0.1, 0.15) is 0 Å². The zero-order valence-electron chi connectivity index (χ0n) is 11.4. The Bertz CT molecular complexity index is 405. The summed E-state index contributed by atoms with van der Waals surface area (Å²) in [5.74, 6) is 0. The SMILES string of the molecule is CCOC1CC(NCc2cccc(Cl)c2)C1(C)C. The second-order valence-electron chi connectivity index (χ2n) is 5.56. The fraction of sp³-hybridized carbons (Fsp3) is 0.600. The Kier molecular flexibility index (Phi) is 4.31. The van der Waals surface area contributed by atoms with E-state index >= 15 is 0 Å². The zero-order chi connectivity index (χ0) is 13.2. The van der Waals surface area contributed by atoms with Crippen LogP contribution in [0.15, 0.2) is 24.3 Å². The van der Waals surface area contributed by atoms with Crippen LogP contribution in [0, 0.1) is 5.41 Å². The van der Waals surface area contributed by atoms with Gasteiger partial charge in [0, 0.05) is 29.6 Å². The van der Waals surface area contributed by atoms with Crippen LogP contribution < -0.4 is 5.32 Å². The highest BCUT2D eigenvalue weighted by molar-refractivity contribution is 6.30. The summed E-state index contributed by atoms with van der Waals surface area (Å²) < 4.78 is 5.73. The number of benzene rings is 1. The highest BCUT2D eigenvalue weighted by Gasteiger charge is 2.48. The van der Waals surface area contributed by atoms with Crippen molar-refractivity contribution in [3.63, 3.8) is 0 Å². The van der Waals surface area contributed by atoms with Crippen molar-refractivity contribution in [2.24, 2.45) is 5.41 Å². The zero-order valence-corrected chi connectivity index (χ0v) is 12.1. The first-order valence-electron chi connectivity index (χ1n) is 6.63. The van der Waals surface area contributed by atoms with E-state index in [1.807, 2.05) is 18.2 Å². The molecule has 1 aromatic carbocycles. The van der Waals surface area contributed by atoms with Crippen LogP contribution in [0.5, 0.6) is 0 Å². The van der Waals surface area contributed by atoms with E-state index in [1.165, 1.54) is 5.56 Å². The molecule has 0 spiro atoms. The van der Waals surface area contributed by atoms with Gasteiger partial charge in [-0.05, 0) is 31.0 Å². The normalized spacial score (nSPS) is 25.8. The molecule has 1 aromatic rings. The van der Waals surface area contributed by atoms with Crippen LogP contribution >= 0.6 is 11.6 Å². The molecule has 0 radical (unpaired) electrons. The van der Waals surface area contributed by atoms with Crippen LogP contribution in [-0.4, -0.2) is 18.8 Å². The molecule has 2 atom stereocenters. The van der Waals surface area contributed by atoms with Crippen LogP contribution in [0.1, 0.15) is 32.8 Å². The molecule has 0 aromatic heterocycles. The van der Waals surface area contributed by atoms with Crippen molar-refractivity contribution >= 4 is 11.6 Å². The summed E-state index contributed by atoms with van der Waals surface area (Å²) in [7, 11) is 0. The van der Waals surface area contributed by atoms with Gasteiger partial charge >= 0.3 is 0 Å². The largest absolute Gasteiger partial charge is 0.378 e. The van der Waals surface area contributed by atoms with Gasteiger partial charge in [-0.25, -0.2) is 0 Å². The summed E-state index contributed by atoms with van der Waals surface area (Å²) in [5, 5.41) is 4.40. The first-order valence-corrected chi connectivity index (χ1v) is 7.01. The molecule has 0 bridgehead atoms. The second-order valence-corrected chi connectivity index (χ2v) is 6.00. The third-order valence-electron chi connectivity index (χ3n) is 3.99. The average molecular weight is 268 g/mol. The molecule has 1 aliphatic rings. The molecule has 0 amide bonds. The van der Waals surface area contributed by atoms with Crippen molar-refractivity contribution in [3.05, 3.63) is 34.9 Å². The predicted octanol–water partition coefficient (Wildman–Crippen LogP) is 3.63. The lowest BCUT2D eigenvalue weighted by Crippen LogP contribution is -2.60. The number of halogens is 1. The van der Waals surface area contributed by atoms with Crippen LogP contribution in [0.25, 0.3) is 0 Å². The summed E-state index contributed by atoms with van der Waals surface area (Å²) in [5.41, 5.74) is 1.45. The van der Waals surface area contributed by atoms with Gasteiger partial charge in [0.15, 0.2) is 0 Å². The number of hydrogen-bond donors (Lipinski definition) is 1. The van der Waals surface area contributed by atoms with Crippen LogP contribution in [0.3, 0.4) is 0 Å². The summed E-state index contributed by atoms with van der Waals surface area (Å²) in [6.45, 7) is 8.27. The molecule has 1 N–H and O–H groups in total. The minimum atomic E-state index is 0.217.